The van der Waals surface area contributed by atoms with Gasteiger partial charge in [-0.1, -0.05) is 29.8 Å². The van der Waals surface area contributed by atoms with Crippen LogP contribution in [-0.2, 0) is 16.0 Å². The van der Waals surface area contributed by atoms with Crippen molar-refractivity contribution in [2.75, 3.05) is 24.6 Å². The molecule has 3 rings (SSSR count). The van der Waals surface area contributed by atoms with Crippen molar-refractivity contribution in [1.82, 2.24) is 0 Å². The van der Waals surface area contributed by atoms with Gasteiger partial charge in [0.15, 0.2) is 0 Å². The molecule has 1 fully saturated rings. The summed E-state index contributed by atoms with van der Waals surface area (Å²) in [5.41, 5.74) is 6.71. The zero-order valence-corrected chi connectivity index (χ0v) is 17.0. The lowest BCUT2D eigenvalue weighted by Crippen LogP contribution is -2.30. The van der Waals surface area contributed by atoms with E-state index in [0.29, 0.717) is 12.2 Å². The second kappa shape index (κ2) is 8.93. The average Bonchev–Trinajstić information content (AvgIpc) is 2.71. The van der Waals surface area contributed by atoms with Crippen molar-refractivity contribution in [1.29, 1.82) is 5.26 Å². The van der Waals surface area contributed by atoms with Gasteiger partial charge in [-0.25, -0.2) is 0 Å². The van der Waals surface area contributed by atoms with Gasteiger partial charge < -0.3 is 9.64 Å². The number of carbonyl (C=O) groups is 1. The zero-order chi connectivity index (χ0) is 20.1. The second-order valence-corrected chi connectivity index (χ2v) is 7.43. The Hall–Kier alpha value is -2.80. The molecule has 1 saturated heterocycles. The van der Waals surface area contributed by atoms with E-state index in [1.54, 1.807) is 0 Å². The number of nitrogens with zero attached hydrogens (tertiary/aromatic N) is 2. The summed E-state index contributed by atoms with van der Waals surface area (Å²) in [6.45, 7) is 8.13. The first-order valence-corrected chi connectivity index (χ1v) is 10.1. The first kappa shape index (κ1) is 19.9. The van der Waals surface area contributed by atoms with E-state index in [2.05, 4.69) is 48.2 Å². The van der Waals surface area contributed by atoms with E-state index in [-0.39, 0.29) is 12.4 Å². The third-order valence-electron chi connectivity index (χ3n) is 5.49. The maximum absolute atomic E-state index is 12.3. The van der Waals surface area contributed by atoms with Gasteiger partial charge in [-0.05, 0) is 68.4 Å². The number of rotatable bonds is 5. The maximum atomic E-state index is 12.3. The van der Waals surface area contributed by atoms with E-state index in [4.69, 9.17) is 4.74 Å². The highest BCUT2D eigenvalue weighted by Crippen LogP contribution is 2.36. The fourth-order valence-electron chi connectivity index (χ4n) is 3.94. The van der Waals surface area contributed by atoms with Crippen molar-refractivity contribution in [3.05, 3.63) is 52.6 Å². The number of ether oxygens (including phenoxy) is 1. The quantitative estimate of drug-likeness (QED) is 0.694. The monoisotopic (exact) mass is 376 g/mol. The van der Waals surface area contributed by atoms with Crippen LogP contribution in [0.5, 0.6) is 0 Å². The molecule has 28 heavy (non-hydrogen) atoms. The number of hydrogen-bond donors (Lipinski definition) is 0. The van der Waals surface area contributed by atoms with Crippen LogP contribution in [0.15, 0.2) is 30.3 Å². The van der Waals surface area contributed by atoms with Crippen molar-refractivity contribution < 1.29 is 9.53 Å². The third-order valence-corrected chi connectivity index (χ3v) is 5.49. The minimum absolute atomic E-state index is 0.178. The standard InChI is InChI=1S/C24H28N2O2/c1-4-28-24(27)15-20-18(3)22(16-25)23(26-12-6-5-7-13-26)14-21(20)19-10-8-17(2)9-11-19/h8-11,14H,4-7,12-13,15H2,1-3H3. The summed E-state index contributed by atoms with van der Waals surface area (Å²) in [5, 5.41) is 9.90. The van der Waals surface area contributed by atoms with Crippen molar-refractivity contribution in [2.45, 2.75) is 46.5 Å². The van der Waals surface area contributed by atoms with E-state index < -0.39 is 0 Å². The summed E-state index contributed by atoms with van der Waals surface area (Å²) in [4.78, 5) is 14.6. The topological polar surface area (TPSA) is 53.3 Å². The molecule has 0 unspecified atom stereocenters. The van der Waals surface area contributed by atoms with Crippen molar-refractivity contribution in [3.8, 4) is 17.2 Å². The highest BCUT2D eigenvalue weighted by atomic mass is 16.5. The van der Waals surface area contributed by atoms with Crippen molar-refractivity contribution >= 4 is 11.7 Å². The molecule has 146 valence electrons. The van der Waals surface area contributed by atoms with Crippen LogP contribution in [0.4, 0.5) is 5.69 Å². The minimum Gasteiger partial charge on any atom is -0.466 e. The van der Waals surface area contributed by atoms with E-state index in [0.717, 1.165) is 53.9 Å². The highest BCUT2D eigenvalue weighted by molar-refractivity contribution is 5.83. The summed E-state index contributed by atoms with van der Waals surface area (Å²) in [6.07, 6.45) is 3.71. The van der Waals surface area contributed by atoms with Gasteiger partial charge in [-0.2, -0.15) is 5.26 Å². The fourth-order valence-corrected chi connectivity index (χ4v) is 3.94. The van der Waals surface area contributed by atoms with Gasteiger partial charge >= 0.3 is 5.97 Å². The van der Waals surface area contributed by atoms with E-state index in [9.17, 15) is 10.1 Å². The SMILES string of the molecule is CCOC(=O)Cc1c(-c2ccc(C)cc2)cc(N2CCCCC2)c(C#N)c1C. The predicted octanol–water partition coefficient (Wildman–Crippen LogP) is 4.94. The Labute approximate surface area is 167 Å². The first-order valence-electron chi connectivity index (χ1n) is 10.1. The van der Waals surface area contributed by atoms with Gasteiger partial charge in [0.2, 0.25) is 0 Å². The summed E-state index contributed by atoms with van der Waals surface area (Å²) in [5.74, 6) is -0.256. The highest BCUT2D eigenvalue weighted by Gasteiger charge is 2.23. The number of esters is 1. The van der Waals surface area contributed by atoms with Crippen LogP contribution in [0.2, 0.25) is 0 Å². The fraction of sp³-hybridized carbons (Fsp3) is 0.417. The third kappa shape index (κ3) is 4.20. The zero-order valence-electron chi connectivity index (χ0n) is 17.0. The largest absolute Gasteiger partial charge is 0.466 e. The number of aryl methyl sites for hydroxylation is 1. The Morgan fingerprint density at radius 2 is 1.82 bits per heavy atom. The Balaban J connectivity index is 2.17. The molecule has 0 bridgehead atoms. The number of hydrogen-bond acceptors (Lipinski definition) is 4. The molecule has 0 saturated carbocycles. The van der Waals surface area contributed by atoms with Crippen LogP contribution in [0.25, 0.3) is 11.1 Å². The predicted molar refractivity (Wildman–Crippen MR) is 112 cm³/mol. The van der Waals surface area contributed by atoms with E-state index in [1.165, 1.54) is 12.0 Å². The van der Waals surface area contributed by atoms with Gasteiger partial charge in [-0.3, -0.25) is 4.79 Å². The Morgan fingerprint density at radius 3 is 2.43 bits per heavy atom. The smallest absolute Gasteiger partial charge is 0.310 e. The van der Waals surface area contributed by atoms with Gasteiger partial charge in [-0.15, -0.1) is 0 Å². The first-order chi connectivity index (χ1) is 13.5. The minimum atomic E-state index is -0.256. The molecule has 0 radical (unpaired) electrons. The van der Waals surface area contributed by atoms with E-state index in [1.807, 2.05) is 13.8 Å². The number of nitriles is 1. The molecule has 0 N–H and O–H groups in total. The summed E-state index contributed by atoms with van der Waals surface area (Å²) < 4.78 is 5.20. The maximum Gasteiger partial charge on any atom is 0.310 e. The van der Waals surface area contributed by atoms with Crippen LogP contribution in [0, 0.1) is 25.2 Å². The molecule has 0 atom stereocenters. The summed E-state index contributed by atoms with van der Waals surface area (Å²) in [6, 6.07) is 12.8. The summed E-state index contributed by atoms with van der Waals surface area (Å²) in [7, 11) is 0. The molecule has 2 aromatic rings. The molecule has 1 heterocycles. The molecule has 1 aliphatic rings. The lowest BCUT2D eigenvalue weighted by atomic mass is 9.89. The molecule has 0 spiro atoms. The van der Waals surface area contributed by atoms with Crippen LogP contribution < -0.4 is 4.90 Å². The van der Waals surface area contributed by atoms with Crippen LogP contribution in [0.1, 0.15) is 48.4 Å². The van der Waals surface area contributed by atoms with Crippen LogP contribution in [-0.4, -0.2) is 25.7 Å². The lowest BCUT2D eigenvalue weighted by molar-refractivity contribution is -0.142. The average molecular weight is 377 g/mol. The number of piperidine rings is 1. The van der Waals surface area contributed by atoms with Gasteiger partial charge in [0, 0.05) is 13.1 Å². The molecule has 4 nitrogen and oxygen atoms in total. The molecule has 2 aromatic carbocycles. The van der Waals surface area contributed by atoms with Crippen molar-refractivity contribution in [2.24, 2.45) is 0 Å². The lowest BCUT2D eigenvalue weighted by Gasteiger charge is -2.31. The molecule has 0 aromatic heterocycles. The number of carbonyl (C=O) groups excluding carboxylic acids is 1. The van der Waals surface area contributed by atoms with Crippen molar-refractivity contribution in [3.63, 3.8) is 0 Å². The normalized spacial score (nSPS) is 13.9. The molecule has 4 heteroatoms. The molecule has 0 amide bonds. The van der Waals surface area contributed by atoms with Gasteiger partial charge in [0.05, 0.1) is 24.3 Å². The molecular weight excluding hydrogens is 348 g/mol. The Bertz CT molecular complexity index is 888. The molecular formula is C24H28N2O2. The Morgan fingerprint density at radius 1 is 1.14 bits per heavy atom. The van der Waals surface area contributed by atoms with Gasteiger partial charge in [0.1, 0.15) is 6.07 Å². The van der Waals surface area contributed by atoms with Gasteiger partial charge in [0.25, 0.3) is 0 Å². The van der Waals surface area contributed by atoms with Crippen LogP contribution in [0.3, 0.4) is 0 Å². The number of anilines is 1. The molecule has 0 aliphatic carbocycles. The Kier molecular flexibility index (Phi) is 6.36. The second-order valence-electron chi connectivity index (χ2n) is 7.43. The van der Waals surface area contributed by atoms with Crippen LogP contribution >= 0.6 is 0 Å². The number of benzene rings is 2. The molecule has 1 aliphatic heterocycles. The van der Waals surface area contributed by atoms with E-state index >= 15 is 0 Å². The summed E-state index contributed by atoms with van der Waals surface area (Å²) >= 11 is 0.